The molecule has 1 amide bonds. The van der Waals surface area contributed by atoms with Crippen LogP contribution in [0.25, 0.3) is 0 Å². The summed E-state index contributed by atoms with van der Waals surface area (Å²) in [6.45, 7) is 9.91. The van der Waals surface area contributed by atoms with E-state index in [9.17, 15) is 9.59 Å². The van der Waals surface area contributed by atoms with Crippen LogP contribution in [-0.4, -0.2) is 49.1 Å². The Hall–Kier alpha value is -4.44. The van der Waals surface area contributed by atoms with Gasteiger partial charge >= 0.3 is 12.1 Å². The summed E-state index contributed by atoms with van der Waals surface area (Å²) in [5, 5.41) is 6.00. The molecule has 0 saturated carbocycles. The SMILES string of the molecule is C=CCOC(=O)/C(NC(=O)OC(C)(C)C)=C1\N[C@@H](COCc2ccccc2)[C@@H](OCc2ccccc2)[C@@H]1OCc1ccccc1. The zero-order valence-electron chi connectivity index (χ0n) is 26.1. The number of amides is 1. The van der Waals surface area contributed by atoms with Crippen molar-refractivity contribution in [1.82, 2.24) is 10.6 Å². The number of hydrogen-bond acceptors (Lipinski definition) is 8. The largest absolute Gasteiger partial charge is 0.457 e. The average molecular weight is 615 g/mol. The maximum Gasteiger partial charge on any atom is 0.412 e. The van der Waals surface area contributed by atoms with E-state index in [4.69, 9.17) is 23.7 Å². The molecule has 3 aromatic carbocycles. The van der Waals surface area contributed by atoms with E-state index in [1.54, 1.807) is 20.8 Å². The molecule has 1 aliphatic heterocycles. The molecule has 0 bridgehead atoms. The summed E-state index contributed by atoms with van der Waals surface area (Å²) < 4.78 is 30.0. The normalized spacial score (nSPS) is 18.9. The molecule has 1 saturated heterocycles. The summed E-state index contributed by atoms with van der Waals surface area (Å²) in [7, 11) is 0. The van der Waals surface area contributed by atoms with Crippen molar-refractivity contribution in [3.63, 3.8) is 0 Å². The Bertz CT molecular complexity index is 1410. The number of carbonyl (C=O) groups excluding carboxylic acids is 2. The van der Waals surface area contributed by atoms with Crippen molar-refractivity contribution in [2.45, 2.75) is 64.4 Å². The van der Waals surface area contributed by atoms with Crippen LogP contribution in [0.4, 0.5) is 4.79 Å². The second kappa shape index (κ2) is 16.6. The zero-order valence-corrected chi connectivity index (χ0v) is 26.1. The van der Waals surface area contributed by atoms with Crippen LogP contribution in [0.1, 0.15) is 37.5 Å². The molecule has 9 heteroatoms. The Morgan fingerprint density at radius 3 is 1.89 bits per heavy atom. The van der Waals surface area contributed by atoms with Crippen molar-refractivity contribution < 1.29 is 33.3 Å². The maximum atomic E-state index is 13.4. The van der Waals surface area contributed by atoms with E-state index in [1.165, 1.54) is 6.08 Å². The number of benzene rings is 3. The van der Waals surface area contributed by atoms with E-state index >= 15 is 0 Å². The highest BCUT2D eigenvalue weighted by Crippen LogP contribution is 2.29. The molecule has 45 heavy (non-hydrogen) atoms. The highest BCUT2D eigenvalue weighted by molar-refractivity contribution is 5.93. The molecule has 1 aliphatic rings. The molecule has 4 rings (SSSR count). The zero-order chi connectivity index (χ0) is 32.1. The molecular formula is C36H42N2O7. The van der Waals surface area contributed by atoms with E-state index in [0.717, 1.165) is 16.7 Å². The predicted octanol–water partition coefficient (Wildman–Crippen LogP) is 5.81. The van der Waals surface area contributed by atoms with E-state index in [2.05, 4.69) is 17.2 Å². The van der Waals surface area contributed by atoms with Crippen LogP contribution in [0.3, 0.4) is 0 Å². The maximum absolute atomic E-state index is 13.4. The molecule has 0 aromatic heterocycles. The first kappa shape index (κ1) is 33.5. The minimum Gasteiger partial charge on any atom is -0.457 e. The number of hydrogen-bond donors (Lipinski definition) is 2. The lowest BCUT2D eigenvalue weighted by Crippen LogP contribution is -2.40. The van der Waals surface area contributed by atoms with Crippen molar-refractivity contribution >= 4 is 12.1 Å². The van der Waals surface area contributed by atoms with Gasteiger partial charge in [0.25, 0.3) is 0 Å². The van der Waals surface area contributed by atoms with E-state index in [0.29, 0.717) is 12.3 Å². The second-order valence-corrected chi connectivity index (χ2v) is 11.5. The molecule has 0 radical (unpaired) electrons. The fraction of sp³-hybridized carbons (Fsp3) is 0.333. The van der Waals surface area contributed by atoms with Gasteiger partial charge in [0.15, 0.2) is 5.70 Å². The number of alkyl carbamates (subject to hydrolysis) is 1. The number of rotatable bonds is 14. The second-order valence-electron chi connectivity index (χ2n) is 11.5. The topological polar surface area (TPSA) is 104 Å². The van der Waals surface area contributed by atoms with Crippen LogP contribution >= 0.6 is 0 Å². The Labute approximate surface area is 265 Å². The van der Waals surface area contributed by atoms with Crippen molar-refractivity contribution in [2.24, 2.45) is 0 Å². The third-order valence-corrected chi connectivity index (χ3v) is 6.72. The third-order valence-electron chi connectivity index (χ3n) is 6.72. The van der Waals surface area contributed by atoms with Crippen LogP contribution in [0.15, 0.2) is 115 Å². The molecule has 2 N–H and O–H groups in total. The van der Waals surface area contributed by atoms with Gasteiger partial charge in [0.1, 0.15) is 24.4 Å². The van der Waals surface area contributed by atoms with Crippen molar-refractivity contribution in [1.29, 1.82) is 0 Å². The van der Waals surface area contributed by atoms with E-state index in [-0.39, 0.29) is 32.1 Å². The van der Waals surface area contributed by atoms with Gasteiger partial charge < -0.3 is 29.0 Å². The van der Waals surface area contributed by atoms with Gasteiger partial charge in [-0.1, -0.05) is 104 Å². The van der Waals surface area contributed by atoms with E-state index < -0.39 is 35.9 Å². The summed E-state index contributed by atoms with van der Waals surface area (Å²) in [4.78, 5) is 26.4. The Morgan fingerprint density at radius 2 is 1.36 bits per heavy atom. The van der Waals surface area contributed by atoms with Gasteiger partial charge in [0.05, 0.1) is 38.2 Å². The lowest BCUT2D eigenvalue weighted by atomic mass is 10.1. The third kappa shape index (κ3) is 10.6. The lowest BCUT2D eigenvalue weighted by Gasteiger charge is -2.25. The van der Waals surface area contributed by atoms with Gasteiger partial charge in [-0.25, -0.2) is 9.59 Å². The highest BCUT2D eigenvalue weighted by Gasteiger charge is 2.45. The quantitative estimate of drug-likeness (QED) is 0.133. The van der Waals surface area contributed by atoms with Gasteiger partial charge in [0.2, 0.25) is 0 Å². The van der Waals surface area contributed by atoms with E-state index in [1.807, 2.05) is 91.0 Å². The number of esters is 1. The molecule has 0 spiro atoms. The van der Waals surface area contributed by atoms with Crippen molar-refractivity contribution in [3.05, 3.63) is 132 Å². The smallest absolute Gasteiger partial charge is 0.412 e. The monoisotopic (exact) mass is 614 g/mol. The summed E-state index contributed by atoms with van der Waals surface area (Å²) in [6, 6.07) is 28.8. The minimum atomic E-state index is -0.810. The van der Waals surface area contributed by atoms with Crippen LogP contribution < -0.4 is 10.6 Å². The van der Waals surface area contributed by atoms with Gasteiger partial charge in [-0.2, -0.15) is 0 Å². The Balaban J connectivity index is 1.70. The summed E-state index contributed by atoms with van der Waals surface area (Å²) >= 11 is 0. The molecule has 3 atom stereocenters. The summed E-state index contributed by atoms with van der Waals surface area (Å²) in [5.74, 6) is -0.774. The number of ether oxygens (including phenoxy) is 5. The van der Waals surface area contributed by atoms with Crippen LogP contribution in [0.5, 0.6) is 0 Å². The van der Waals surface area contributed by atoms with Crippen LogP contribution in [0.2, 0.25) is 0 Å². The van der Waals surface area contributed by atoms with Crippen molar-refractivity contribution in [3.8, 4) is 0 Å². The first-order valence-electron chi connectivity index (χ1n) is 14.9. The van der Waals surface area contributed by atoms with Crippen LogP contribution in [0, 0.1) is 0 Å². The average Bonchev–Trinajstić information content (AvgIpc) is 3.37. The Morgan fingerprint density at radius 1 is 0.822 bits per heavy atom. The van der Waals surface area contributed by atoms with Gasteiger partial charge in [-0.3, -0.25) is 5.32 Å². The molecule has 0 unspecified atom stereocenters. The Kier molecular flexibility index (Phi) is 12.3. The predicted molar refractivity (Wildman–Crippen MR) is 171 cm³/mol. The molecular weight excluding hydrogens is 572 g/mol. The summed E-state index contributed by atoms with van der Waals surface area (Å²) in [5.41, 5.74) is 2.29. The molecule has 0 aliphatic carbocycles. The standard InChI is InChI=1S/C36H42N2O7/c1-5-21-42-34(39)31(38-35(40)45-36(2,3)4)30-33(44-24-28-19-13-8-14-20-28)32(43-23-27-17-11-7-12-18-27)29(37-30)25-41-22-26-15-9-6-10-16-26/h5-20,29,32-33,37H,1,21-25H2,2-4H3,(H,38,40)/b31-30+/t29-,32+,33+/m0/s1. The van der Waals surface area contributed by atoms with Gasteiger partial charge in [-0.05, 0) is 37.5 Å². The lowest BCUT2D eigenvalue weighted by molar-refractivity contribution is -0.138. The first-order valence-corrected chi connectivity index (χ1v) is 14.9. The molecule has 238 valence electrons. The highest BCUT2D eigenvalue weighted by atomic mass is 16.6. The first-order chi connectivity index (χ1) is 21.7. The minimum absolute atomic E-state index is 0.0568. The number of nitrogens with one attached hydrogen (secondary N) is 2. The van der Waals surface area contributed by atoms with Gasteiger partial charge in [0, 0.05) is 0 Å². The van der Waals surface area contributed by atoms with Gasteiger partial charge in [-0.15, -0.1) is 0 Å². The van der Waals surface area contributed by atoms with Crippen LogP contribution in [-0.2, 0) is 48.3 Å². The summed E-state index contributed by atoms with van der Waals surface area (Å²) in [6.07, 6.45) is -0.775. The van der Waals surface area contributed by atoms with Crippen molar-refractivity contribution in [2.75, 3.05) is 13.2 Å². The molecule has 3 aromatic rings. The fourth-order valence-electron chi connectivity index (χ4n) is 4.72. The molecule has 1 fully saturated rings. The fourth-order valence-corrected chi connectivity index (χ4v) is 4.72. The molecule has 1 heterocycles. The number of carbonyl (C=O) groups is 2. The molecule has 9 nitrogen and oxygen atoms in total.